The second kappa shape index (κ2) is 4.65. The molecule has 0 bridgehead atoms. The van der Waals surface area contributed by atoms with Crippen LogP contribution in [0.4, 0.5) is 13.2 Å². The van der Waals surface area contributed by atoms with Crippen molar-refractivity contribution in [1.29, 1.82) is 0 Å². The molecule has 0 aliphatic heterocycles. The third kappa shape index (κ3) is 2.69. The number of ether oxygens (including phenoxy) is 2. The normalized spacial score (nSPS) is 11.2. The minimum atomic E-state index is -4.48. The molecule has 0 amide bonds. The van der Waals surface area contributed by atoms with Crippen molar-refractivity contribution in [2.24, 2.45) is 0 Å². The van der Waals surface area contributed by atoms with Crippen LogP contribution in [0.5, 0.6) is 5.75 Å². The van der Waals surface area contributed by atoms with Crippen LogP contribution in [0.1, 0.15) is 21.5 Å². The van der Waals surface area contributed by atoms with E-state index in [4.69, 9.17) is 4.74 Å². The first-order valence-electron chi connectivity index (χ1n) is 4.65. The predicted molar refractivity (Wildman–Crippen MR) is 54.1 cm³/mol. The molecule has 0 unspecified atom stereocenters. The van der Waals surface area contributed by atoms with E-state index in [-0.39, 0.29) is 16.9 Å². The van der Waals surface area contributed by atoms with Gasteiger partial charge in [-0.15, -0.1) is 0 Å². The second-order valence-corrected chi connectivity index (χ2v) is 3.36. The van der Waals surface area contributed by atoms with Gasteiger partial charge in [0.2, 0.25) is 0 Å². The van der Waals surface area contributed by atoms with Crippen LogP contribution in [0.15, 0.2) is 12.1 Å². The maximum atomic E-state index is 12.5. The zero-order chi connectivity index (χ0) is 13.2. The van der Waals surface area contributed by atoms with Gasteiger partial charge in [-0.25, -0.2) is 4.79 Å². The minimum absolute atomic E-state index is 0.00278. The Morgan fingerprint density at radius 3 is 2.24 bits per heavy atom. The first kappa shape index (κ1) is 13.3. The van der Waals surface area contributed by atoms with Crippen LogP contribution in [-0.2, 0) is 10.9 Å². The molecule has 0 saturated carbocycles. The number of rotatable bonds is 2. The highest BCUT2D eigenvalue weighted by atomic mass is 19.4. The molecule has 1 rings (SSSR count). The SMILES string of the molecule is COC(=O)c1c(C)cc(C(F)(F)F)cc1OC. The fourth-order valence-corrected chi connectivity index (χ4v) is 1.44. The Kier molecular flexibility index (Phi) is 3.65. The van der Waals surface area contributed by atoms with E-state index in [0.717, 1.165) is 19.2 Å². The van der Waals surface area contributed by atoms with Crippen molar-refractivity contribution < 1.29 is 27.4 Å². The molecular weight excluding hydrogens is 237 g/mol. The van der Waals surface area contributed by atoms with Crippen LogP contribution < -0.4 is 4.74 Å². The van der Waals surface area contributed by atoms with Gasteiger partial charge in [0.05, 0.1) is 19.8 Å². The fraction of sp³-hybridized carbons (Fsp3) is 0.364. The summed E-state index contributed by atoms with van der Waals surface area (Å²) in [6.07, 6.45) is -4.48. The van der Waals surface area contributed by atoms with Crippen LogP contribution >= 0.6 is 0 Å². The number of benzene rings is 1. The van der Waals surface area contributed by atoms with E-state index in [1.54, 1.807) is 0 Å². The summed E-state index contributed by atoms with van der Waals surface area (Å²) >= 11 is 0. The Hall–Kier alpha value is -1.72. The second-order valence-electron chi connectivity index (χ2n) is 3.36. The van der Waals surface area contributed by atoms with E-state index < -0.39 is 17.7 Å². The molecule has 0 fully saturated rings. The lowest BCUT2D eigenvalue weighted by Crippen LogP contribution is -2.11. The molecule has 3 nitrogen and oxygen atoms in total. The number of methoxy groups -OCH3 is 2. The predicted octanol–water partition coefficient (Wildman–Crippen LogP) is 2.81. The van der Waals surface area contributed by atoms with E-state index in [9.17, 15) is 18.0 Å². The maximum absolute atomic E-state index is 12.5. The first-order chi connectivity index (χ1) is 7.81. The van der Waals surface area contributed by atoms with Gasteiger partial charge in [0, 0.05) is 0 Å². The van der Waals surface area contributed by atoms with Crippen molar-refractivity contribution in [1.82, 2.24) is 0 Å². The number of hydrogen-bond donors (Lipinski definition) is 0. The number of alkyl halides is 3. The van der Waals surface area contributed by atoms with Gasteiger partial charge in [0.1, 0.15) is 11.3 Å². The maximum Gasteiger partial charge on any atom is 0.416 e. The molecule has 0 radical (unpaired) electrons. The minimum Gasteiger partial charge on any atom is -0.496 e. The molecule has 1 aromatic rings. The van der Waals surface area contributed by atoms with E-state index in [1.807, 2.05) is 0 Å². The van der Waals surface area contributed by atoms with Crippen LogP contribution in [0.25, 0.3) is 0 Å². The van der Waals surface area contributed by atoms with Gasteiger partial charge in [-0.05, 0) is 24.6 Å². The zero-order valence-electron chi connectivity index (χ0n) is 9.51. The third-order valence-electron chi connectivity index (χ3n) is 2.24. The molecule has 0 atom stereocenters. The summed E-state index contributed by atoms with van der Waals surface area (Å²) < 4.78 is 46.9. The molecule has 0 aliphatic rings. The molecule has 0 aromatic heterocycles. The highest BCUT2D eigenvalue weighted by Gasteiger charge is 2.33. The molecular formula is C11H11F3O3. The van der Waals surface area contributed by atoms with Crippen molar-refractivity contribution in [3.05, 3.63) is 28.8 Å². The van der Waals surface area contributed by atoms with Crippen molar-refractivity contribution in [2.75, 3.05) is 14.2 Å². The average Bonchev–Trinajstić information content (AvgIpc) is 2.25. The lowest BCUT2D eigenvalue weighted by atomic mass is 10.0. The molecule has 0 aliphatic carbocycles. The summed E-state index contributed by atoms with van der Waals surface area (Å²) in [5.74, 6) is -0.878. The molecule has 17 heavy (non-hydrogen) atoms. The van der Waals surface area contributed by atoms with Crippen molar-refractivity contribution in [2.45, 2.75) is 13.1 Å². The lowest BCUT2D eigenvalue weighted by molar-refractivity contribution is -0.137. The number of esters is 1. The van der Waals surface area contributed by atoms with Crippen molar-refractivity contribution in [3.63, 3.8) is 0 Å². The molecule has 0 N–H and O–H groups in total. The zero-order valence-corrected chi connectivity index (χ0v) is 9.51. The molecule has 0 saturated heterocycles. The van der Waals surface area contributed by atoms with E-state index in [1.165, 1.54) is 14.0 Å². The Bertz CT molecular complexity index is 438. The van der Waals surface area contributed by atoms with Gasteiger partial charge >= 0.3 is 12.1 Å². The number of carbonyl (C=O) groups is 1. The summed E-state index contributed by atoms with van der Waals surface area (Å²) in [5, 5.41) is 0. The van der Waals surface area contributed by atoms with Crippen molar-refractivity contribution >= 4 is 5.97 Å². The average molecular weight is 248 g/mol. The molecule has 0 spiro atoms. The Labute approximate surface area is 96.1 Å². The van der Waals surface area contributed by atoms with Crippen LogP contribution in [0.3, 0.4) is 0 Å². The number of halogens is 3. The summed E-state index contributed by atoms with van der Waals surface area (Å²) in [7, 11) is 2.35. The molecule has 0 heterocycles. The Morgan fingerprint density at radius 1 is 1.24 bits per heavy atom. The fourth-order valence-electron chi connectivity index (χ4n) is 1.44. The lowest BCUT2D eigenvalue weighted by Gasteiger charge is -2.14. The highest BCUT2D eigenvalue weighted by Crippen LogP contribution is 2.35. The van der Waals surface area contributed by atoms with Crippen LogP contribution in [0.2, 0.25) is 0 Å². The largest absolute Gasteiger partial charge is 0.496 e. The van der Waals surface area contributed by atoms with Gasteiger partial charge in [-0.2, -0.15) is 13.2 Å². The first-order valence-corrected chi connectivity index (χ1v) is 4.65. The molecule has 1 aromatic carbocycles. The smallest absolute Gasteiger partial charge is 0.416 e. The van der Waals surface area contributed by atoms with E-state index in [2.05, 4.69) is 4.74 Å². The third-order valence-corrected chi connectivity index (χ3v) is 2.24. The summed E-state index contributed by atoms with van der Waals surface area (Å²) in [5.41, 5.74) is -0.703. The van der Waals surface area contributed by atoms with Gasteiger partial charge in [-0.3, -0.25) is 0 Å². The molecule has 6 heteroatoms. The molecule has 94 valence electrons. The van der Waals surface area contributed by atoms with Crippen LogP contribution in [-0.4, -0.2) is 20.2 Å². The summed E-state index contributed by atoms with van der Waals surface area (Å²) in [6, 6.07) is 1.66. The Balaban J connectivity index is 3.41. The van der Waals surface area contributed by atoms with Gasteiger partial charge in [0.25, 0.3) is 0 Å². The van der Waals surface area contributed by atoms with Gasteiger partial charge < -0.3 is 9.47 Å². The Morgan fingerprint density at radius 2 is 1.82 bits per heavy atom. The monoisotopic (exact) mass is 248 g/mol. The van der Waals surface area contributed by atoms with E-state index in [0.29, 0.717) is 0 Å². The number of carbonyl (C=O) groups excluding carboxylic acids is 1. The van der Waals surface area contributed by atoms with Gasteiger partial charge in [-0.1, -0.05) is 0 Å². The standard InChI is InChI=1S/C11H11F3O3/c1-6-4-7(11(12,13)14)5-8(16-2)9(6)10(15)17-3/h4-5H,1-3H3. The van der Waals surface area contributed by atoms with Crippen molar-refractivity contribution in [3.8, 4) is 5.75 Å². The number of aryl methyl sites for hydroxylation is 1. The highest BCUT2D eigenvalue weighted by molar-refractivity contribution is 5.94. The topological polar surface area (TPSA) is 35.5 Å². The van der Waals surface area contributed by atoms with Crippen LogP contribution in [0, 0.1) is 6.92 Å². The number of hydrogen-bond acceptors (Lipinski definition) is 3. The summed E-state index contributed by atoms with van der Waals surface area (Å²) in [6.45, 7) is 1.39. The van der Waals surface area contributed by atoms with E-state index >= 15 is 0 Å². The quantitative estimate of drug-likeness (QED) is 0.755. The van der Waals surface area contributed by atoms with Gasteiger partial charge in [0.15, 0.2) is 0 Å². The summed E-state index contributed by atoms with van der Waals surface area (Å²) in [4.78, 5) is 11.4.